The van der Waals surface area contributed by atoms with Crippen molar-refractivity contribution in [2.24, 2.45) is 28.5 Å². The molecule has 1 amide bonds. The Labute approximate surface area is 260 Å². The molecule has 0 bridgehead atoms. The first-order valence-electron chi connectivity index (χ1n) is 14.6. The highest BCUT2D eigenvalue weighted by Gasteiger charge is 2.19. The summed E-state index contributed by atoms with van der Waals surface area (Å²) in [5, 5.41) is 7.88. The summed E-state index contributed by atoms with van der Waals surface area (Å²) in [6, 6.07) is 15.7. The molecular formula is C31H37N13O. The second kappa shape index (κ2) is 14.2. The number of nitrogens with two attached hydrogens (primary N) is 2. The van der Waals surface area contributed by atoms with Crippen LogP contribution in [0.15, 0.2) is 71.0 Å². The van der Waals surface area contributed by atoms with Gasteiger partial charge in [-0.05, 0) is 32.4 Å². The third kappa shape index (κ3) is 8.25. The van der Waals surface area contributed by atoms with Crippen molar-refractivity contribution in [1.82, 2.24) is 34.4 Å². The summed E-state index contributed by atoms with van der Waals surface area (Å²) < 4.78 is 1.87. The summed E-state index contributed by atoms with van der Waals surface area (Å²) in [6.07, 6.45) is 5.19. The van der Waals surface area contributed by atoms with Gasteiger partial charge in [-0.25, -0.2) is 29.9 Å². The highest BCUT2D eigenvalue weighted by molar-refractivity contribution is 5.93. The van der Waals surface area contributed by atoms with Crippen LogP contribution in [0.2, 0.25) is 0 Å². The number of para-hydroxylation sites is 2. The molecule has 232 valence electrons. The number of hydrogen-bond acceptors (Lipinski definition) is 8. The Bertz CT molecular complexity index is 1860. The third-order valence-corrected chi connectivity index (χ3v) is 7.06. The normalized spacial score (nSPS) is 13.7. The zero-order chi connectivity index (χ0) is 31.8. The fraction of sp³-hybridized carbons (Fsp3) is 0.290. The Balaban J connectivity index is 0.000000178. The van der Waals surface area contributed by atoms with Crippen LogP contribution in [-0.2, 0) is 18.4 Å². The number of nitrogens with zero attached hydrogens (tertiary/aromatic N) is 9. The number of benzene rings is 2. The van der Waals surface area contributed by atoms with Gasteiger partial charge in [0.25, 0.3) is 0 Å². The van der Waals surface area contributed by atoms with E-state index in [4.69, 9.17) is 11.5 Å². The molecule has 1 saturated heterocycles. The van der Waals surface area contributed by atoms with Crippen molar-refractivity contribution < 1.29 is 4.79 Å². The van der Waals surface area contributed by atoms with Crippen LogP contribution in [0, 0.1) is 13.8 Å². The topological polar surface area (TPSA) is 191 Å². The summed E-state index contributed by atoms with van der Waals surface area (Å²) in [4.78, 5) is 43.6. The van der Waals surface area contributed by atoms with Crippen LogP contribution in [-0.4, -0.2) is 71.8 Å². The lowest BCUT2D eigenvalue weighted by Gasteiger charge is -2.13. The molecule has 14 nitrogen and oxygen atoms in total. The van der Waals surface area contributed by atoms with Crippen molar-refractivity contribution in [3.8, 4) is 0 Å². The van der Waals surface area contributed by atoms with Gasteiger partial charge in [0.1, 0.15) is 0 Å². The van der Waals surface area contributed by atoms with Gasteiger partial charge in [0.15, 0.2) is 11.9 Å². The Morgan fingerprint density at radius 3 is 1.98 bits per heavy atom. The van der Waals surface area contributed by atoms with Crippen LogP contribution >= 0.6 is 0 Å². The van der Waals surface area contributed by atoms with Gasteiger partial charge in [0, 0.05) is 43.5 Å². The lowest BCUT2D eigenvalue weighted by Crippen LogP contribution is -2.29. The lowest BCUT2D eigenvalue weighted by molar-refractivity contribution is -0.127. The molecule has 2 aromatic carbocycles. The Morgan fingerprint density at radius 2 is 1.44 bits per heavy atom. The first-order chi connectivity index (χ1) is 21.7. The second-order valence-electron chi connectivity index (χ2n) is 10.5. The van der Waals surface area contributed by atoms with E-state index in [9.17, 15) is 4.79 Å². The number of hydrogen-bond donors (Lipinski definition) is 4. The average Bonchev–Trinajstić information content (AvgIpc) is 3.63. The molecule has 1 aliphatic rings. The van der Waals surface area contributed by atoms with Crippen LogP contribution < -0.4 is 22.1 Å². The fourth-order valence-electron chi connectivity index (χ4n) is 4.84. The van der Waals surface area contributed by atoms with Gasteiger partial charge >= 0.3 is 0 Å². The number of nitrogens with one attached hydrogen (secondary N) is 2. The number of guanidine groups is 2. The molecule has 45 heavy (non-hydrogen) atoms. The van der Waals surface area contributed by atoms with Crippen LogP contribution in [0.5, 0.6) is 0 Å². The van der Waals surface area contributed by atoms with E-state index < -0.39 is 0 Å². The van der Waals surface area contributed by atoms with Crippen LogP contribution in [0.1, 0.15) is 29.9 Å². The first kappa shape index (κ1) is 30.8. The van der Waals surface area contributed by atoms with E-state index in [-0.39, 0.29) is 17.8 Å². The fourth-order valence-corrected chi connectivity index (χ4v) is 4.84. The maximum atomic E-state index is 11.5. The molecule has 14 heteroatoms. The Kier molecular flexibility index (Phi) is 9.72. The second-order valence-corrected chi connectivity index (χ2v) is 10.5. The van der Waals surface area contributed by atoms with Crippen LogP contribution in [0.25, 0.3) is 21.8 Å². The molecule has 5 aromatic rings. The van der Waals surface area contributed by atoms with Crippen molar-refractivity contribution in [3.63, 3.8) is 0 Å². The van der Waals surface area contributed by atoms with Crippen molar-refractivity contribution >= 4 is 51.5 Å². The average molecular weight is 608 g/mol. The number of rotatable bonds is 7. The molecule has 0 saturated carbocycles. The molecule has 1 fully saturated rings. The number of likely N-dealkylation sites (tertiary alicyclic amines) is 1. The zero-order valence-corrected chi connectivity index (χ0v) is 25.6. The van der Waals surface area contributed by atoms with E-state index >= 15 is 0 Å². The number of aromatic nitrogens is 6. The van der Waals surface area contributed by atoms with Crippen LogP contribution in [0.3, 0.4) is 0 Å². The molecule has 6 N–H and O–H groups in total. The number of aliphatic imine (C=N–C) groups is 2. The third-order valence-electron chi connectivity index (χ3n) is 7.06. The van der Waals surface area contributed by atoms with E-state index in [0.717, 1.165) is 51.9 Å². The van der Waals surface area contributed by atoms with E-state index in [1.165, 1.54) is 0 Å². The number of amides is 1. The van der Waals surface area contributed by atoms with Gasteiger partial charge < -0.3 is 20.9 Å². The monoisotopic (exact) mass is 607 g/mol. The molecule has 3 aromatic heterocycles. The van der Waals surface area contributed by atoms with Gasteiger partial charge in [-0.2, -0.15) is 0 Å². The Hall–Kier alpha value is -5.66. The summed E-state index contributed by atoms with van der Waals surface area (Å²) in [5.74, 6) is 1.59. The minimum absolute atomic E-state index is 0.195. The van der Waals surface area contributed by atoms with Crippen LogP contribution in [0.4, 0.5) is 11.9 Å². The molecule has 0 unspecified atom stereocenters. The van der Waals surface area contributed by atoms with E-state index in [1.54, 1.807) is 6.33 Å². The molecule has 1 aliphatic heterocycles. The predicted molar refractivity (Wildman–Crippen MR) is 177 cm³/mol. The van der Waals surface area contributed by atoms with Gasteiger partial charge in [-0.1, -0.05) is 36.4 Å². The maximum Gasteiger partial charge on any atom is 0.230 e. The highest BCUT2D eigenvalue weighted by atomic mass is 16.2. The minimum atomic E-state index is 0.195. The van der Waals surface area contributed by atoms with Crippen molar-refractivity contribution in [1.29, 1.82) is 0 Å². The molecule has 6 rings (SSSR count). The number of aryl methyl sites for hydroxylation is 3. The molecular weight excluding hydrogens is 570 g/mol. The predicted octanol–water partition coefficient (Wildman–Crippen LogP) is 2.89. The Morgan fingerprint density at radius 1 is 0.867 bits per heavy atom. The van der Waals surface area contributed by atoms with Gasteiger partial charge in [0.05, 0.1) is 47.5 Å². The van der Waals surface area contributed by atoms with E-state index in [0.29, 0.717) is 38.0 Å². The lowest BCUT2D eigenvalue weighted by atomic mass is 10.2. The number of carbonyl (C=O) groups excluding carboxylic acids is 1. The smallest absolute Gasteiger partial charge is 0.230 e. The van der Waals surface area contributed by atoms with E-state index in [1.807, 2.05) is 85.1 Å². The van der Waals surface area contributed by atoms with Gasteiger partial charge in [0.2, 0.25) is 17.8 Å². The molecule has 0 aliphatic carbocycles. The zero-order valence-electron chi connectivity index (χ0n) is 25.6. The van der Waals surface area contributed by atoms with E-state index in [2.05, 4.69) is 45.5 Å². The SMILES string of the molecule is Cc1nc(NC(N)=NCCN2CCCC2=O)nc2ccccc12.Cc1nc(NC(N)=NCc2cn(C)cn2)nc2ccccc12. The van der Waals surface area contributed by atoms with Crippen molar-refractivity contribution in [2.45, 2.75) is 33.2 Å². The number of imidazole rings is 1. The van der Waals surface area contributed by atoms with Crippen molar-refractivity contribution in [2.75, 3.05) is 30.3 Å². The summed E-state index contributed by atoms with van der Waals surface area (Å²) in [5.41, 5.74) is 16.1. The molecule has 0 spiro atoms. The minimum Gasteiger partial charge on any atom is -0.370 e. The standard InChI is InChI=1S/C16H20N6O.C15H17N7/c1-11-12-5-2-3-6-13(12)20-16(19-11)21-15(17)18-8-10-22-9-4-7-14(22)23;1-10-12-5-3-4-6-13(12)20-15(19-10)21-14(16)17-7-11-8-22(2)9-18-11/h2-3,5-6H,4,7-10H2,1H3,(H3,17,18,19,20,21);3-6,8-9H,7H2,1-2H3,(H3,16,17,19,20,21). The summed E-state index contributed by atoms with van der Waals surface area (Å²) >= 11 is 0. The maximum absolute atomic E-state index is 11.5. The number of fused-ring (bicyclic) bond motifs is 2. The number of anilines is 2. The van der Waals surface area contributed by atoms with Gasteiger partial charge in [-0.15, -0.1) is 0 Å². The summed E-state index contributed by atoms with van der Waals surface area (Å²) in [7, 11) is 1.91. The summed E-state index contributed by atoms with van der Waals surface area (Å²) in [6.45, 7) is 6.16. The number of carbonyl (C=O) groups is 1. The van der Waals surface area contributed by atoms with Gasteiger partial charge in [-0.3, -0.25) is 20.4 Å². The molecule has 4 heterocycles. The quantitative estimate of drug-likeness (QED) is 0.158. The molecule has 0 radical (unpaired) electrons. The first-order valence-corrected chi connectivity index (χ1v) is 14.6. The largest absolute Gasteiger partial charge is 0.370 e. The van der Waals surface area contributed by atoms with Crippen molar-refractivity contribution in [3.05, 3.63) is 78.1 Å². The molecule has 0 atom stereocenters. The highest BCUT2D eigenvalue weighted by Crippen LogP contribution is 2.17.